The van der Waals surface area contributed by atoms with Gasteiger partial charge in [-0.15, -0.1) is 5.10 Å². The van der Waals surface area contributed by atoms with E-state index in [0.717, 1.165) is 11.3 Å². The van der Waals surface area contributed by atoms with Gasteiger partial charge in [-0.25, -0.2) is 4.68 Å². The van der Waals surface area contributed by atoms with Crippen LogP contribution in [0.1, 0.15) is 16.2 Å². The lowest BCUT2D eigenvalue weighted by Gasteiger charge is -1.93. The van der Waals surface area contributed by atoms with Crippen molar-refractivity contribution in [2.24, 2.45) is 0 Å². The Morgan fingerprint density at radius 1 is 1.26 bits per heavy atom. The van der Waals surface area contributed by atoms with Crippen molar-refractivity contribution in [3.05, 3.63) is 54.0 Å². The number of aromatic nitrogens is 4. The van der Waals surface area contributed by atoms with Crippen LogP contribution in [0.15, 0.2) is 47.1 Å². The highest BCUT2D eigenvalue weighted by atomic mass is 16.5. The largest absolute Gasteiger partial charge is 0.356 e. The van der Waals surface area contributed by atoms with Crippen LogP contribution in [0.2, 0.25) is 0 Å². The Bertz CT molecular complexity index is 688. The van der Waals surface area contributed by atoms with Crippen molar-refractivity contribution in [3.63, 3.8) is 0 Å². The minimum Gasteiger partial charge on any atom is -0.356 e. The lowest BCUT2D eigenvalue weighted by molar-refractivity contribution is 0.111. The van der Waals surface area contributed by atoms with Crippen LogP contribution in [0.4, 0.5) is 0 Å². The predicted molar refractivity (Wildman–Crippen MR) is 66.5 cm³/mol. The molecule has 3 rings (SSSR count). The first-order valence-corrected chi connectivity index (χ1v) is 5.71. The molecule has 0 unspecified atom stereocenters. The van der Waals surface area contributed by atoms with Gasteiger partial charge in [-0.1, -0.05) is 40.7 Å². The van der Waals surface area contributed by atoms with Crippen LogP contribution in [0, 0.1) is 0 Å². The fourth-order valence-electron chi connectivity index (χ4n) is 1.74. The third-order valence-corrected chi connectivity index (χ3v) is 2.62. The number of aldehydes is 1. The Kier molecular flexibility index (Phi) is 2.89. The van der Waals surface area contributed by atoms with Crippen LogP contribution in [-0.2, 0) is 6.54 Å². The van der Waals surface area contributed by atoms with Crippen molar-refractivity contribution in [2.75, 3.05) is 0 Å². The Hall–Kier alpha value is -2.76. The molecule has 0 aliphatic rings. The molecule has 1 aromatic carbocycles. The summed E-state index contributed by atoms with van der Waals surface area (Å²) in [6.07, 6.45) is 2.21. The maximum absolute atomic E-state index is 10.5. The maximum atomic E-state index is 10.5. The normalized spacial score (nSPS) is 10.5. The lowest BCUT2D eigenvalue weighted by atomic mass is 10.2. The molecule has 2 aromatic heterocycles. The minimum absolute atomic E-state index is 0.298. The minimum atomic E-state index is 0.298. The van der Waals surface area contributed by atoms with Gasteiger partial charge in [0, 0.05) is 11.6 Å². The van der Waals surface area contributed by atoms with Crippen LogP contribution >= 0.6 is 0 Å². The highest BCUT2D eigenvalue weighted by Crippen LogP contribution is 2.19. The second-order valence-electron chi connectivity index (χ2n) is 4.01. The van der Waals surface area contributed by atoms with Crippen molar-refractivity contribution >= 4 is 6.29 Å². The number of carbonyl (C=O) groups excluding carboxylic acids is 1. The average molecular weight is 254 g/mol. The van der Waals surface area contributed by atoms with E-state index in [9.17, 15) is 4.79 Å². The average Bonchev–Trinajstić information content (AvgIpc) is 3.09. The molecule has 0 bridgehead atoms. The second-order valence-corrected chi connectivity index (χ2v) is 4.01. The van der Waals surface area contributed by atoms with Crippen molar-refractivity contribution in [2.45, 2.75) is 6.54 Å². The van der Waals surface area contributed by atoms with Gasteiger partial charge in [-0.05, 0) is 0 Å². The topological polar surface area (TPSA) is 73.8 Å². The van der Waals surface area contributed by atoms with E-state index in [1.807, 2.05) is 36.4 Å². The summed E-state index contributed by atoms with van der Waals surface area (Å²) in [6, 6.07) is 11.6. The van der Waals surface area contributed by atoms with Crippen LogP contribution in [0.3, 0.4) is 0 Å². The molecule has 0 aliphatic heterocycles. The number of nitrogens with zero attached hydrogens (tertiary/aromatic N) is 4. The van der Waals surface area contributed by atoms with Crippen molar-refractivity contribution in [3.8, 4) is 11.3 Å². The zero-order valence-corrected chi connectivity index (χ0v) is 9.93. The number of benzene rings is 1. The summed E-state index contributed by atoms with van der Waals surface area (Å²) >= 11 is 0. The number of hydrogen-bond acceptors (Lipinski definition) is 5. The Morgan fingerprint density at radius 2 is 2.11 bits per heavy atom. The molecule has 3 aromatic rings. The third-order valence-electron chi connectivity index (χ3n) is 2.62. The molecule has 6 nitrogen and oxygen atoms in total. The molecule has 0 aliphatic carbocycles. The van der Waals surface area contributed by atoms with E-state index in [4.69, 9.17) is 4.52 Å². The van der Waals surface area contributed by atoms with Crippen LogP contribution < -0.4 is 0 Å². The van der Waals surface area contributed by atoms with E-state index < -0.39 is 0 Å². The highest BCUT2D eigenvalue weighted by Gasteiger charge is 2.08. The summed E-state index contributed by atoms with van der Waals surface area (Å²) in [5, 5.41) is 11.5. The second kappa shape index (κ2) is 4.85. The van der Waals surface area contributed by atoms with Crippen molar-refractivity contribution < 1.29 is 9.32 Å². The third kappa shape index (κ3) is 2.42. The number of hydrogen-bond donors (Lipinski definition) is 0. The van der Waals surface area contributed by atoms with Crippen LogP contribution in [-0.4, -0.2) is 26.4 Å². The van der Waals surface area contributed by atoms with Crippen molar-refractivity contribution in [1.29, 1.82) is 0 Å². The van der Waals surface area contributed by atoms with E-state index >= 15 is 0 Å². The summed E-state index contributed by atoms with van der Waals surface area (Å²) in [5.74, 6) is 0.700. The molecular formula is C13H10N4O2. The summed E-state index contributed by atoms with van der Waals surface area (Å²) in [7, 11) is 0. The van der Waals surface area contributed by atoms with E-state index in [1.165, 1.54) is 4.68 Å². The SMILES string of the molecule is O=Cc1cn(Cc2cc(-c3ccccc3)on2)nn1. The Balaban J connectivity index is 1.80. The van der Waals surface area contributed by atoms with Gasteiger partial charge in [-0.2, -0.15) is 0 Å². The van der Waals surface area contributed by atoms with Crippen molar-refractivity contribution in [1.82, 2.24) is 20.2 Å². The van der Waals surface area contributed by atoms with Gasteiger partial charge < -0.3 is 4.52 Å². The number of carbonyl (C=O) groups is 1. The van der Waals surface area contributed by atoms with Gasteiger partial charge in [0.05, 0.1) is 12.7 Å². The first-order valence-electron chi connectivity index (χ1n) is 5.71. The summed E-state index contributed by atoms with van der Waals surface area (Å²) < 4.78 is 6.81. The van der Waals surface area contributed by atoms with Crippen LogP contribution in [0.5, 0.6) is 0 Å². The molecule has 0 saturated heterocycles. The molecule has 0 saturated carbocycles. The fourth-order valence-corrected chi connectivity index (χ4v) is 1.74. The van der Waals surface area contributed by atoms with Gasteiger partial charge in [0.1, 0.15) is 11.4 Å². The van der Waals surface area contributed by atoms with E-state index in [1.54, 1.807) is 6.20 Å². The molecule has 94 valence electrons. The number of rotatable bonds is 4. The first kappa shape index (κ1) is 11.3. The zero-order valence-electron chi connectivity index (χ0n) is 9.93. The molecule has 0 N–H and O–H groups in total. The van der Waals surface area contributed by atoms with Gasteiger partial charge >= 0.3 is 0 Å². The molecule has 0 atom stereocenters. The smallest absolute Gasteiger partial charge is 0.171 e. The highest BCUT2D eigenvalue weighted by molar-refractivity contribution is 5.70. The van der Waals surface area contributed by atoms with Gasteiger partial charge in [0.15, 0.2) is 12.0 Å². The molecule has 19 heavy (non-hydrogen) atoms. The Morgan fingerprint density at radius 3 is 2.84 bits per heavy atom. The quantitative estimate of drug-likeness (QED) is 0.663. The molecule has 0 radical (unpaired) electrons. The van der Waals surface area contributed by atoms with E-state index in [-0.39, 0.29) is 0 Å². The van der Waals surface area contributed by atoms with Gasteiger partial charge in [-0.3, -0.25) is 4.79 Å². The standard InChI is InChI=1S/C13H10N4O2/c18-9-12-8-17(16-14-12)7-11-6-13(19-15-11)10-4-2-1-3-5-10/h1-6,8-9H,7H2. The van der Waals surface area contributed by atoms with Gasteiger partial charge in [0.2, 0.25) is 0 Å². The summed E-state index contributed by atoms with van der Waals surface area (Å²) in [6.45, 7) is 0.414. The molecule has 2 heterocycles. The molecule has 0 spiro atoms. The lowest BCUT2D eigenvalue weighted by Crippen LogP contribution is -2.00. The van der Waals surface area contributed by atoms with Crippen LogP contribution in [0.25, 0.3) is 11.3 Å². The first-order chi connectivity index (χ1) is 9.35. The maximum Gasteiger partial charge on any atom is 0.171 e. The predicted octanol–water partition coefficient (Wildman–Crippen LogP) is 1.79. The Labute approximate surface area is 108 Å². The fraction of sp³-hybridized carbons (Fsp3) is 0.0769. The molecular weight excluding hydrogens is 244 g/mol. The molecule has 6 heteroatoms. The van der Waals surface area contributed by atoms with Gasteiger partial charge in [0.25, 0.3) is 0 Å². The molecule has 0 amide bonds. The van der Waals surface area contributed by atoms with E-state index in [0.29, 0.717) is 24.3 Å². The zero-order chi connectivity index (χ0) is 13.1. The monoisotopic (exact) mass is 254 g/mol. The molecule has 0 fully saturated rings. The summed E-state index contributed by atoms with van der Waals surface area (Å²) in [4.78, 5) is 10.5. The summed E-state index contributed by atoms with van der Waals surface area (Å²) in [5.41, 5.74) is 1.99. The van der Waals surface area contributed by atoms with E-state index in [2.05, 4.69) is 15.5 Å².